The van der Waals surface area contributed by atoms with Crippen molar-refractivity contribution in [1.82, 2.24) is 10.9 Å². The summed E-state index contributed by atoms with van der Waals surface area (Å²) in [6.45, 7) is 1.48. The van der Waals surface area contributed by atoms with Gasteiger partial charge in [0.2, 0.25) is 0 Å². The van der Waals surface area contributed by atoms with E-state index in [1.54, 1.807) is 0 Å². The Morgan fingerprint density at radius 2 is 2.06 bits per heavy atom. The summed E-state index contributed by atoms with van der Waals surface area (Å²) in [6, 6.07) is 4.38. The van der Waals surface area contributed by atoms with E-state index >= 15 is 0 Å². The van der Waals surface area contributed by atoms with Crippen molar-refractivity contribution >= 4 is 11.8 Å². The molecule has 1 aromatic rings. The minimum Gasteiger partial charge on any atom is -0.320 e. The van der Waals surface area contributed by atoms with Crippen molar-refractivity contribution in [2.24, 2.45) is 5.73 Å². The number of carbonyl (C=O) groups excluding carboxylic acids is 2. The molecule has 0 saturated heterocycles. The lowest BCUT2D eigenvalue weighted by Crippen LogP contribution is -2.48. The Balaban J connectivity index is 2.57. The Morgan fingerprint density at radius 3 is 2.62 bits per heavy atom. The van der Waals surface area contributed by atoms with E-state index in [4.69, 9.17) is 5.73 Å². The summed E-state index contributed by atoms with van der Waals surface area (Å²) in [5.41, 5.74) is 9.61. The van der Waals surface area contributed by atoms with Crippen LogP contribution in [0.25, 0.3) is 0 Å². The number of carbonyl (C=O) groups is 2. The molecule has 0 bridgehead atoms. The van der Waals surface area contributed by atoms with Gasteiger partial charge < -0.3 is 5.73 Å². The maximum Gasteiger partial charge on any atom is 0.269 e. The number of nitrogens with two attached hydrogens (primary N) is 1. The van der Waals surface area contributed by atoms with Crippen LogP contribution in [0.15, 0.2) is 24.3 Å². The molecule has 4 N–H and O–H groups in total. The maximum absolute atomic E-state index is 12.8. The largest absolute Gasteiger partial charge is 0.320 e. The molecule has 5 nitrogen and oxygen atoms in total. The van der Waals surface area contributed by atoms with Gasteiger partial charge in [0, 0.05) is 5.56 Å². The van der Waals surface area contributed by atoms with Gasteiger partial charge >= 0.3 is 0 Å². The van der Waals surface area contributed by atoms with Gasteiger partial charge in [-0.1, -0.05) is 6.07 Å². The van der Waals surface area contributed by atoms with Gasteiger partial charge in [0.15, 0.2) is 0 Å². The van der Waals surface area contributed by atoms with Crippen LogP contribution in [0, 0.1) is 5.82 Å². The van der Waals surface area contributed by atoms with Crippen LogP contribution < -0.4 is 16.6 Å². The van der Waals surface area contributed by atoms with Gasteiger partial charge in [-0.15, -0.1) is 0 Å². The summed E-state index contributed by atoms with van der Waals surface area (Å²) in [5.74, 6) is -1.65. The topological polar surface area (TPSA) is 84.2 Å². The SMILES string of the molecule is CC(N)C(=O)NNC(=O)c1cccc(F)c1. The standard InChI is InChI=1S/C10H12FN3O2/c1-6(12)9(15)13-14-10(16)7-3-2-4-8(11)5-7/h2-6H,12H2,1H3,(H,13,15)(H,14,16). The number of rotatable bonds is 2. The number of hydrazine groups is 1. The zero-order valence-corrected chi connectivity index (χ0v) is 8.66. The van der Waals surface area contributed by atoms with Crippen molar-refractivity contribution in [3.8, 4) is 0 Å². The Labute approximate surface area is 91.8 Å². The van der Waals surface area contributed by atoms with E-state index < -0.39 is 23.7 Å². The summed E-state index contributed by atoms with van der Waals surface area (Å²) in [5, 5.41) is 0. The van der Waals surface area contributed by atoms with Gasteiger partial charge in [-0.2, -0.15) is 0 Å². The lowest BCUT2D eigenvalue weighted by molar-refractivity contribution is -0.122. The van der Waals surface area contributed by atoms with Gasteiger partial charge in [-0.05, 0) is 25.1 Å². The predicted molar refractivity (Wildman–Crippen MR) is 55.7 cm³/mol. The van der Waals surface area contributed by atoms with Crippen LogP contribution in [0.5, 0.6) is 0 Å². The van der Waals surface area contributed by atoms with E-state index in [9.17, 15) is 14.0 Å². The molecule has 86 valence electrons. The Kier molecular flexibility index (Phi) is 3.96. The molecular weight excluding hydrogens is 213 g/mol. The lowest BCUT2D eigenvalue weighted by Gasteiger charge is -2.09. The van der Waals surface area contributed by atoms with E-state index in [1.165, 1.54) is 25.1 Å². The van der Waals surface area contributed by atoms with Gasteiger partial charge in [0.05, 0.1) is 6.04 Å². The van der Waals surface area contributed by atoms with Crippen molar-refractivity contribution < 1.29 is 14.0 Å². The Bertz CT molecular complexity index is 407. The molecule has 1 aromatic carbocycles. The average Bonchev–Trinajstić information content (AvgIpc) is 2.25. The third kappa shape index (κ3) is 3.32. The highest BCUT2D eigenvalue weighted by molar-refractivity contribution is 5.95. The van der Waals surface area contributed by atoms with Gasteiger partial charge in [0.1, 0.15) is 5.82 Å². The number of benzene rings is 1. The number of hydrogen-bond acceptors (Lipinski definition) is 3. The fourth-order valence-corrected chi connectivity index (χ4v) is 0.934. The smallest absolute Gasteiger partial charge is 0.269 e. The van der Waals surface area contributed by atoms with Crippen LogP contribution >= 0.6 is 0 Å². The lowest BCUT2D eigenvalue weighted by atomic mass is 10.2. The molecule has 1 unspecified atom stereocenters. The summed E-state index contributed by atoms with van der Waals surface area (Å²) in [6.07, 6.45) is 0. The molecule has 0 heterocycles. The molecule has 16 heavy (non-hydrogen) atoms. The van der Waals surface area contributed by atoms with E-state index in [0.29, 0.717) is 0 Å². The number of halogens is 1. The van der Waals surface area contributed by atoms with Crippen molar-refractivity contribution in [2.45, 2.75) is 13.0 Å². The van der Waals surface area contributed by atoms with Crippen LogP contribution in [0.3, 0.4) is 0 Å². The number of hydrogen-bond donors (Lipinski definition) is 3. The van der Waals surface area contributed by atoms with Crippen LogP contribution in [-0.4, -0.2) is 17.9 Å². The first-order chi connectivity index (χ1) is 7.50. The molecule has 0 aliphatic carbocycles. The number of nitrogens with one attached hydrogen (secondary N) is 2. The molecule has 6 heteroatoms. The zero-order valence-electron chi connectivity index (χ0n) is 8.66. The highest BCUT2D eigenvalue weighted by Gasteiger charge is 2.10. The highest BCUT2D eigenvalue weighted by Crippen LogP contribution is 2.02. The highest BCUT2D eigenvalue weighted by atomic mass is 19.1. The van der Waals surface area contributed by atoms with Crippen LogP contribution in [-0.2, 0) is 4.79 Å². The molecule has 0 aromatic heterocycles. The minimum atomic E-state index is -0.729. The van der Waals surface area contributed by atoms with Crippen LogP contribution in [0.2, 0.25) is 0 Å². The van der Waals surface area contributed by atoms with Gasteiger partial charge in [-0.3, -0.25) is 20.4 Å². The molecule has 0 spiro atoms. The second kappa shape index (κ2) is 5.22. The summed E-state index contributed by atoms with van der Waals surface area (Å²) >= 11 is 0. The summed E-state index contributed by atoms with van der Waals surface area (Å²) in [4.78, 5) is 22.4. The molecular formula is C10H12FN3O2. The van der Waals surface area contributed by atoms with E-state index in [2.05, 4.69) is 10.9 Å². The fourth-order valence-electron chi connectivity index (χ4n) is 0.934. The molecule has 1 atom stereocenters. The molecule has 0 saturated carbocycles. The second-order valence-corrected chi connectivity index (χ2v) is 3.24. The third-order valence-corrected chi connectivity index (χ3v) is 1.80. The third-order valence-electron chi connectivity index (χ3n) is 1.80. The van der Waals surface area contributed by atoms with Gasteiger partial charge in [0.25, 0.3) is 11.8 Å². The Morgan fingerprint density at radius 1 is 1.38 bits per heavy atom. The molecule has 0 radical (unpaired) electrons. The predicted octanol–water partition coefficient (Wildman–Crippen LogP) is -0.0661. The summed E-state index contributed by atoms with van der Waals surface area (Å²) < 4.78 is 12.8. The Hall–Kier alpha value is -1.95. The fraction of sp³-hybridized carbons (Fsp3) is 0.200. The summed E-state index contributed by atoms with van der Waals surface area (Å²) in [7, 11) is 0. The average molecular weight is 225 g/mol. The van der Waals surface area contributed by atoms with Crippen molar-refractivity contribution in [1.29, 1.82) is 0 Å². The first-order valence-corrected chi connectivity index (χ1v) is 4.62. The first-order valence-electron chi connectivity index (χ1n) is 4.62. The van der Waals surface area contributed by atoms with Crippen LogP contribution in [0.1, 0.15) is 17.3 Å². The van der Waals surface area contributed by atoms with E-state index in [0.717, 1.165) is 6.07 Å². The van der Waals surface area contributed by atoms with E-state index in [-0.39, 0.29) is 5.56 Å². The maximum atomic E-state index is 12.8. The monoisotopic (exact) mass is 225 g/mol. The first kappa shape index (κ1) is 12.1. The zero-order chi connectivity index (χ0) is 12.1. The molecule has 0 fully saturated rings. The minimum absolute atomic E-state index is 0.116. The van der Waals surface area contributed by atoms with Crippen molar-refractivity contribution in [3.63, 3.8) is 0 Å². The van der Waals surface area contributed by atoms with Crippen LogP contribution in [0.4, 0.5) is 4.39 Å². The van der Waals surface area contributed by atoms with Gasteiger partial charge in [-0.25, -0.2) is 4.39 Å². The van der Waals surface area contributed by atoms with E-state index in [1.807, 2.05) is 0 Å². The number of amides is 2. The van der Waals surface area contributed by atoms with Crippen molar-refractivity contribution in [2.75, 3.05) is 0 Å². The quantitative estimate of drug-likeness (QED) is 0.616. The molecule has 2 amide bonds. The molecule has 0 aliphatic rings. The van der Waals surface area contributed by atoms with Crippen molar-refractivity contribution in [3.05, 3.63) is 35.6 Å². The molecule has 0 aliphatic heterocycles. The second-order valence-electron chi connectivity index (χ2n) is 3.24. The normalized spacial score (nSPS) is 11.7. The molecule has 1 rings (SSSR count).